The Morgan fingerprint density at radius 3 is 2.46 bits per heavy atom. The van der Waals surface area contributed by atoms with Crippen LogP contribution >= 0.6 is 11.6 Å². The van der Waals surface area contributed by atoms with Crippen LogP contribution in [0, 0.1) is 0 Å². The molecule has 7 heteroatoms. The molecule has 2 aromatic rings. The Hall–Kier alpha value is -2.47. The number of hydrogen-bond acceptors (Lipinski definition) is 3. The normalized spacial score (nSPS) is 15.2. The molecular weight excluding hydrogens is 352 g/mol. The number of nitrogens with zero attached hydrogens (tertiary/aromatic N) is 3. The van der Waals surface area contributed by atoms with E-state index in [0.717, 1.165) is 37.0 Å². The molecule has 1 saturated heterocycles. The fourth-order valence-corrected chi connectivity index (χ4v) is 3.11. The van der Waals surface area contributed by atoms with Crippen molar-refractivity contribution in [3.63, 3.8) is 0 Å². The average Bonchev–Trinajstić information content (AvgIpc) is 3.21. The highest BCUT2D eigenvalue weighted by Gasteiger charge is 2.24. The highest BCUT2D eigenvalue weighted by Crippen LogP contribution is 2.11. The van der Waals surface area contributed by atoms with E-state index in [-0.39, 0.29) is 5.91 Å². The minimum atomic E-state index is -0.0552. The second-order valence-electron chi connectivity index (χ2n) is 6.11. The molecule has 2 heterocycles. The van der Waals surface area contributed by atoms with E-state index in [0.29, 0.717) is 18.8 Å². The van der Waals surface area contributed by atoms with Crippen LogP contribution in [0.25, 0.3) is 0 Å². The molecule has 1 N–H and O–H groups in total. The van der Waals surface area contributed by atoms with Gasteiger partial charge in [0, 0.05) is 44.8 Å². The van der Waals surface area contributed by atoms with E-state index in [1.165, 1.54) is 11.8 Å². The Bertz CT molecular complexity index is 735. The summed E-state index contributed by atoms with van der Waals surface area (Å²) in [6, 6.07) is 11.3. The molecule has 1 aromatic carbocycles. The highest BCUT2D eigenvalue weighted by atomic mass is 35.5. The van der Waals surface area contributed by atoms with Crippen molar-refractivity contribution < 1.29 is 9.21 Å². The first-order chi connectivity index (χ1) is 12.7. The van der Waals surface area contributed by atoms with Gasteiger partial charge in [-0.05, 0) is 36.2 Å². The van der Waals surface area contributed by atoms with Crippen molar-refractivity contribution in [2.75, 3.05) is 39.8 Å². The van der Waals surface area contributed by atoms with E-state index in [1.54, 1.807) is 19.2 Å². The van der Waals surface area contributed by atoms with Gasteiger partial charge in [0.05, 0.1) is 6.26 Å². The molecule has 1 aliphatic heterocycles. The maximum absolute atomic E-state index is 12.3. The number of amides is 1. The highest BCUT2D eigenvalue weighted by molar-refractivity contribution is 6.30. The SMILES string of the molecule is CN=C(NCCc1ccc(Cl)cc1)N1CCN(C(=O)c2ccco2)CC1. The molecule has 6 nitrogen and oxygen atoms in total. The number of nitrogens with one attached hydrogen (secondary N) is 1. The summed E-state index contributed by atoms with van der Waals surface area (Å²) in [5.74, 6) is 1.20. The van der Waals surface area contributed by atoms with Crippen LogP contribution in [0.1, 0.15) is 16.1 Å². The zero-order chi connectivity index (χ0) is 18.4. The van der Waals surface area contributed by atoms with Crippen LogP contribution in [-0.2, 0) is 6.42 Å². The minimum absolute atomic E-state index is 0.0552. The molecule has 1 fully saturated rings. The number of piperazine rings is 1. The van der Waals surface area contributed by atoms with Gasteiger partial charge in [-0.2, -0.15) is 0 Å². The van der Waals surface area contributed by atoms with Gasteiger partial charge < -0.3 is 19.5 Å². The fourth-order valence-electron chi connectivity index (χ4n) is 2.98. The molecule has 0 bridgehead atoms. The maximum atomic E-state index is 12.3. The molecule has 0 atom stereocenters. The van der Waals surface area contributed by atoms with Gasteiger partial charge >= 0.3 is 0 Å². The Morgan fingerprint density at radius 1 is 1.15 bits per heavy atom. The van der Waals surface area contributed by atoms with E-state index in [1.807, 2.05) is 29.2 Å². The average molecular weight is 375 g/mol. The number of furan rings is 1. The molecule has 0 saturated carbocycles. The monoisotopic (exact) mass is 374 g/mol. The third kappa shape index (κ3) is 4.58. The van der Waals surface area contributed by atoms with Gasteiger partial charge in [0.2, 0.25) is 0 Å². The second-order valence-corrected chi connectivity index (χ2v) is 6.54. The Balaban J connectivity index is 1.46. The van der Waals surface area contributed by atoms with Crippen LogP contribution < -0.4 is 5.32 Å². The van der Waals surface area contributed by atoms with Gasteiger partial charge in [-0.3, -0.25) is 9.79 Å². The summed E-state index contributed by atoms with van der Waals surface area (Å²) in [4.78, 5) is 20.7. The predicted molar refractivity (Wildman–Crippen MR) is 103 cm³/mol. The van der Waals surface area contributed by atoms with Gasteiger partial charge in [0.25, 0.3) is 5.91 Å². The molecule has 3 rings (SSSR count). The number of halogens is 1. The van der Waals surface area contributed by atoms with Crippen LogP contribution in [0.15, 0.2) is 52.1 Å². The maximum Gasteiger partial charge on any atom is 0.289 e. The summed E-state index contributed by atoms with van der Waals surface area (Å²) in [5, 5.41) is 4.14. The fraction of sp³-hybridized carbons (Fsp3) is 0.368. The lowest BCUT2D eigenvalue weighted by Crippen LogP contribution is -2.53. The van der Waals surface area contributed by atoms with Gasteiger partial charge in [-0.25, -0.2) is 0 Å². The quantitative estimate of drug-likeness (QED) is 0.659. The van der Waals surface area contributed by atoms with Crippen molar-refractivity contribution in [2.24, 2.45) is 4.99 Å². The lowest BCUT2D eigenvalue weighted by Gasteiger charge is -2.36. The summed E-state index contributed by atoms with van der Waals surface area (Å²) in [6.45, 7) is 3.58. The summed E-state index contributed by atoms with van der Waals surface area (Å²) >= 11 is 5.91. The molecule has 0 unspecified atom stereocenters. The molecule has 138 valence electrons. The van der Waals surface area contributed by atoms with E-state index in [9.17, 15) is 4.79 Å². The number of carbonyl (C=O) groups is 1. The van der Waals surface area contributed by atoms with Crippen molar-refractivity contribution >= 4 is 23.5 Å². The molecule has 1 aliphatic rings. The van der Waals surface area contributed by atoms with Gasteiger partial charge in [0.15, 0.2) is 11.7 Å². The lowest BCUT2D eigenvalue weighted by atomic mass is 10.1. The minimum Gasteiger partial charge on any atom is -0.459 e. The second kappa shape index (κ2) is 8.76. The van der Waals surface area contributed by atoms with Crippen LogP contribution in [-0.4, -0.2) is 61.4 Å². The van der Waals surface area contributed by atoms with Crippen molar-refractivity contribution in [1.82, 2.24) is 15.1 Å². The van der Waals surface area contributed by atoms with Crippen LogP contribution in [0.5, 0.6) is 0 Å². The van der Waals surface area contributed by atoms with E-state index in [4.69, 9.17) is 16.0 Å². The summed E-state index contributed by atoms with van der Waals surface area (Å²) in [6.07, 6.45) is 2.42. The van der Waals surface area contributed by atoms with Gasteiger partial charge in [-0.15, -0.1) is 0 Å². The van der Waals surface area contributed by atoms with Crippen molar-refractivity contribution in [1.29, 1.82) is 0 Å². The Labute approximate surface area is 158 Å². The van der Waals surface area contributed by atoms with Crippen molar-refractivity contribution in [3.8, 4) is 0 Å². The first-order valence-corrected chi connectivity index (χ1v) is 9.08. The predicted octanol–water partition coefficient (Wildman–Crippen LogP) is 2.51. The molecule has 0 aliphatic carbocycles. The van der Waals surface area contributed by atoms with Crippen LogP contribution in [0.3, 0.4) is 0 Å². The molecule has 26 heavy (non-hydrogen) atoms. The van der Waals surface area contributed by atoms with E-state index in [2.05, 4.69) is 15.2 Å². The molecular formula is C19H23ClN4O2. The molecule has 1 amide bonds. The summed E-state index contributed by atoms with van der Waals surface area (Å²) in [7, 11) is 1.78. The zero-order valence-electron chi connectivity index (χ0n) is 14.8. The Kier molecular flexibility index (Phi) is 6.17. The standard InChI is InChI=1S/C19H23ClN4O2/c1-21-19(22-9-8-15-4-6-16(20)7-5-15)24-12-10-23(11-13-24)18(25)17-3-2-14-26-17/h2-7,14H,8-13H2,1H3,(H,21,22). The molecule has 1 aromatic heterocycles. The smallest absolute Gasteiger partial charge is 0.289 e. The third-order valence-corrected chi connectivity index (χ3v) is 4.67. The largest absolute Gasteiger partial charge is 0.459 e. The number of rotatable bonds is 4. The first-order valence-electron chi connectivity index (χ1n) is 8.70. The lowest BCUT2D eigenvalue weighted by molar-refractivity contribution is 0.0658. The topological polar surface area (TPSA) is 61.1 Å². The number of guanidine groups is 1. The number of aliphatic imine (C=N–C) groups is 1. The van der Waals surface area contributed by atoms with Crippen LogP contribution in [0.2, 0.25) is 5.02 Å². The van der Waals surface area contributed by atoms with Crippen LogP contribution in [0.4, 0.5) is 0 Å². The van der Waals surface area contributed by atoms with E-state index >= 15 is 0 Å². The third-order valence-electron chi connectivity index (χ3n) is 4.42. The number of hydrogen-bond donors (Lipinski definition) is 1. The Morgan fingerprint density at radius 2 is 1.85 bits per heavy atom. The van der Waals surface area contributed by atoms with Crippen molar-refractivity contribution in [3.05, 3.63) is 59.0 Å². The van der Waals surface area contributed by atoms with E-state index < -0.39 is 0 Å². The number of benzene rings is 1. The van der Waals surface area contributed by atoms with Crippen molar-refractivity contribution in [2.45, 2.75) is 6.42 Å². The summed E-state index contributed by atoms with van der Waals surface area (Å²) in [5.41, 5.74) is 1.23. The number of carbonyl (C=O) groups excluding carboxylic acids is 1. The molecule has 0 radical (unpaired) electrons. The molecule has 0 spiro atoms. The van der Waals surface area contributed by atoms with Gasteiger partial charge in [-0.1, -0.05) is 23.7 Å². The first kappa shape index (κ1) is 18.3. The summed E-state index contributed by atoms with van der Waals surface area (Å²) < 4.78 is 5.20. The zero-order valence-corrected chi connectivity index (χ0v) is 15.6. The van der Waals surface area contributed by atoms with Gasteiger partial charge in [0.1, 0.15) is 0 Å².